The SMILES string of the molecule is CN1C(=N)N[C@](C)(c2cc(-c3cccc(C#N)c3)cs2)CS1(=O)=O. The third-order valence-corrected chi connectivity index (χ3v) is 7.22. The molecule has 2 aromatic rings. The van der Waals surface area contributed by atoms with Crippen LogP contribution in [0, 0.1) is 16.7 Å². The van der Waals surface area contributed by atoms with Gasteiger partial charge in [-0.3, -0.25) is 5.41 Å². The normalized spacial score (nSPS) is 22.7. The van der Waals surface area contributed by atoms with Crippen molar-refractivity contribution in [3.63, 3.8) is 0 Å². The van der Waals surface area contributed by atoms with Crippen molar-refractivity contribution in [3.8, 4) is 17.2 Å². The van der Waals surface area contributed by atoms with Gasteiger partial charge in [-0.15, -0.1) is 11.3 Å². The van der Waals surface area contributed by atoms with E-state index in [-0.39, 0.29) is 11.7 Å². The second-order valence-corrected chi connectivity index (χ2v) is 8.83. The van der Waals surface area contributed by atoms with Crippen LogP contribution in [-0.4, -0.2) is 31.5 Å². The number of guanidine groups is 1. The molecule has 0 aliphatic carbocycles. The first-order valence-corrected chi connectivity index (χ1v) is 9.67. The molecule has 0 unspecified atom stereocenters. The van der Waals surface area contributed by atoms with Gasteiger partial charge in [-0.25, -0.2) is 12.7 Å². The Bertz CT molecular complexity index is 958. The second-order valence-electron chi connectivity index (χ2n) is 5.92. The van der Waals surface area contributed by atoms with Crippen molar-refractivity contribution in [2.75, 3.05) is 12.8 Å². The van der Waals surface area contributed by atoms with E-state index >= 15 is 0 Å². The van der Waals surface area contributed by atoms with Gasteiger partial charge >= 0.3 is 0 Å². The van der Waals surface area contributed by atoms with E-state index in [0.717, 1.165) is 20.3 Å². The molecule has 1 aliphatic heterocycles. The van der Waals surface area contributed by atoms with Crippen LogP contribution in [0.15, 0.2) is 35.7 Å². The zero-order valence-corrected chi connectivity index (χ0v) is 14.8. The van der Waals surface area contributed by atoms with E-state index in [1.807, 2.05) is 23.6 Å². The van der Waals surface area contributed by atoms with Gasteiger partial charge in [-0.1, -0.05) is 12.1 Å². The van der Waals surface area contributed by atoms with Crippen LogP contribution >= 0.6 is 11.3 Å². The van der Waals surface area contributed by atoms with E-state index < -0.39 is 15.6 Å². The van der Waals surface area contributed by atoms with Gasteiger partial charge in [0.1, 0.15) is 0 Å². The molecule has 24 heavy (non-hydrogen) atoms. The quantitative estimate of drug-likeness (QED) is 0.859. The topological polar surface area (TPSA) is 97.1 Å². The number of hydrogen-bond acceptors (Lipinski definition) is 5. The predicted octanol–water partition coefficient (Wildman–Crippen LogP) is 2.30. The molecule has 1 atom stereocenters. The summed E-state index contributed by atoms with van der Waals surface area (Å²) in [7, 11) is -2.15. The summed E-state index contributed by atoms with van der Waals surface area (Å²) >= 11 is 1.44. The maximum Gasteiger partial charge on any atom is 0.239 e. The summed E-state index contributed by atoms with van der Waals surface area (Å²) in [6.45, 7) is 1.79. The van der Waals surface area contributed by atoms with Gasteiger partial charge in [0.05, 0.1) is 22.9 Å². The van der Waals surface area contributed by atoms with Crippen molar-refractivity contribution in [3.05, 3.63) is 46.2 Å². The van der Waals surface area contributed by atoms with Crippen molar-refractivity contribution < 1.29 is 8.42 Å². The molecule has 124 valence electrons. The van der Waals surface area contributed by atoms with Crippen LogP contribution in [0.4, 0.5) is 0 Å². The number of sulfonamides is 1. The van der Waals surface area contributed by atoms with Crippen LogP contribution in [-0.2, 0) is 15.6 Å². The fourth-order valence-electron chi connectivity index (χ4n) is 2.65. The van der Waals surface area contributed by atoms with E-state index in [2.05, 4.69) is 11.4 Å². The zero-order valence-electron chi connectivity index (χ0n) is 13.2. The van der Waals surface area contributed by atoms with Crippen LogP contribution < -0.4 is 5.32 Å². The van der Waals surface area contributed by atoms with Crippen LogP contribution in [0.2, 0.25) is 0 Å². The summed E-state index contributed by atoms with van der Waals surface area (Å²) in [6.07, 6.45) is 0. The monoisotopic (exact) mass is 360 g/mol. The van der Waals surface area contributed by atoms with Crippen molar-refractivity contribution in [1.29, 1.82) is 10.7 Å². The molecule has 2 N–H and O–H groups in total. The van der Waals surface area contributed by atoms with Crippen molar-refractivity contribution in [2.24, 2.45) is 0 Å². The second kappa shape index (κ2) is 5.61. The summed E-state index contributed by atoms with van der Waals surface area (Å²) in [5.74, 6) is -0.248. The molecule has 6 nitrogen and oxygen atoms in total. The molecule has 1 aliphatic rings. The minimum Gasteiger partial charge on any atom is -0.344 e. The Labute approximate surface area is 144 Å². The average molecular weight is 360 g/mol. The van der Waals surface area contributed by atoms with Crippen LogP contribution in [0.25, 0.3) is 11.1 Å². The first kappa shape index (κ1) is 16.5. The molecule has 0 amide bonds. The lowest BCUT2D eigenvalue weighted by atomic mass is 10.00. The maximum atomic E-state index is 12.3. The summed E-state index contributed by atoms with van der Waals surface area (Å²) in [5.41, 5.74) is 1.57. The predicted molar refractivity (Wildman–Crippen MR) is 94.2 cm³/mol. The summed E-state index contributed by atoms with van der Waals surface area (Å²) in [6, 6.07) is 11.3. The molecule has 1 aromatic carbocycles. The third kappa shape index (κ3) is 2.77. The Morgan fingerprint density at radius 1 is 1.38 bits per heavy atom. The molecule has 0 saturated carbocycles. The van der Waals surface area contributed by atoms with Gasteiger partial charge in [0.25, 0.3) is 0 Å². The first-order valence-electron chi connectivity index (χ1n) is 7.18. The van der Waals surface area contributed by atoms with Crippen molar-refractivity contribution in [1.82, 2.24) is 9.62 Å². The van der Waals surface area contributed by atoms with Gasteiger partial charge in [0, 0.05) is 11.9 Å². The van der Waals surface area contributed by atoms with Gasteiger partial charge in [-0.05, 0) is 41.6 Å². The fourth-order valence-corrected chi connectivity index (χ4v) is 5.26. The number of benzene rings is 1. The van der Waals surface area contributed by atoms with Gasteiger partial charge in [-0.2, -0.15) is 5.26 Å². The highest BCUT2D eigenvalue weighted by Gasteiger charge is 2.42. The average Bonchev–Trinajstić information content (AvgIpc) is 3.03. The Kier molecular flexibility index (Phi) is 3.86. The van der Waals surface area contributed by atoms with Crippen molar-refractivity contribution >= 4 is 27.3 Å². The molecule has 1 saturated heterocycles. The number of rotatable bonds is 2. The lowest BCUT2D eigenvalue weighted by molar-refractivity contribution is 0.424. The van der Waals surface area contributed by atoms with E-state index in [4.69, 9.17) is 10.7 Å². The molecular formula is C16H16N4O2S2. The smallest absolute Gasteiger partial charge is 0.239 e. The molecule has 0 radical (unpaired) electrons. The molecule has 1 aromatic heterocycles. The molecule has 3 rings (SSSR count). The molecule has 8 heteroatoms. The highest BCUT2D eigenvalue weighted by Crippen LogP contribution is 2.35. The van der Waals surface area contributed by atoms with Gasteiger partial charge in [0.2, 0.25) is 16.0 Å². The molecular weight excluding hydrogens is 344 g/mol. The van der Waals surface area contributed by atoms with Gasteiger partial charge in [0.15, 0.2) is 0 Å². The summed E-state index contributed by atoms with van der Waals surface area (Å²) in [5, 5.41) is 21.8. The summed E-state index contributed by atoms with van der Waals surface area (Å²) < 4.78 is 25.5. The first-order chi connectivity index (χ1) is 11.2. The van der Waals surface area contributed by atoms with Crippen LogP contribution in [0.1, 0.15) is 17.4 Å². The maximum absolute atomic E-state index is 12.3. The number of nitriles is 1. The zero-order chi connectivity index (χ0) is 17.5. The molecule has 2 heterocycles. The number of hydrogen-bond donors (Lipinski definition) is 2. The Morgan fingerprint density at radius 3 is 2.79 bits per heavy atom. The Hall–Kier alpha value is -2.37. The minimum absolute atomic E-state index is 0.114. The minimum atomic E-state index is -3.52. The van der Waals surface area contributed by atoms with Crippen LogP contribution in [0.3, 0.4) is 0 Å². The molecule has 0 spiro atoms. The summed E-state index contributed by atoms with van der Waals surface area (Å²) in [4.78, 5) is 0.835. The lowest BCUT2D eigenvalue weighted by Gasteiger charge is -2.39. The van der Waals surface area contributed by atoms with E-state index in [0.29, 0.717) is 5.56 Å². The highest BCUT2D eigenvalue weighted by molar-refractivity contribution is 7.89. The third-order valence-electron chi connectivity index (χ3n) is 4.07. The number of nitrogens with zero attached hydrogens (tertiary/aromatic N) is 2. The molecule has 0 bridgehead atoms. The molecule has 1 fully saturated rings. The van der Waals surface area contributed by atoms with E-state index in [1.54, 1.807) is 19.1 Å². The largest absolute Gasteiger partial charge is 0.344 e. The van der Waals surface area contributed by atoms with Gasteiger partial charge < -0.3 is 5.32 Å². The van der Waals surface area contributed by atoms with E-state index in [1.165, 1.54) is 18.4 Å². The van der Waals surface area contributed by atoms with Crippen LogP contribution in [0.5, 0.6) is 0 Å². The Morgan fingerprint density at radius 2 is 2.12 bits per heavy atom. The lowest BCUT2D eigenvalue weighted by Crippen LogP contribution is -2.60. The Balaban J connectivity index is 1.98. The van der Waals surface area contributed by atoms with E-state index in [9.17, 15) is 8.42 Å². The number of nitrogens with one attached hydrogen (secondary N) is 2. The number of thiophene rings is 1. The van der Waals surface area contributed by atoms with Crippen molar-refractivity contribution in [2.45, 2.75) is 12.5 Å². The fraction of sp³-hybridized carbons (Fsp3) is 0.250. The highest BCUT2D eigenvalue weighted by atomic mass is 32.2. The standard InChI is InChI=1S/C16H16N4O2S2/c1-16(10-24(21,22)20(2)15(18)19-16)14-7-13(9-23-14)12-5-3-4-11(6-12)8-17/h3-7,9H,10H2,1-2H3,(H2,18,19)/t16-/m0/s1.